The van der Waals surface area contributed by atoms with Crippen LogP contribution in [-0.2, 0) is 4.79 Å². The number of hydrogen-bond acceptors (Lipinski definition) is 5. The van der Waals surface area contributed by atoms with Crippen molar-refractivity contribution < 1.29 is 9.90 Å². The summed E-state index contributed by atoms with van der Waals surface area (Å²) in [5.74, 6) is -0.779. The van der Waals surface area contributed by atoms with E-state index in [1.807, 2.05) is 29.3 Å². The van der Waals surface area contributed by atoms with E-state index in [9.17, 15) is 4.79 Å². The van der Waals surface area contributed by atoms with Gasteiger partial charge in [0.15, 0.2) is 0 Å². The molecule has 0 bridgehead atoms. The molecule has 1 aromatic heterocycles. The van der Waals surface area contributed by atoms with Gasteiger partial charge in [0.2, 0.25) is 0 Å². The van der Waals surface area contributed by atoms with E-state index in [4.69, 9.17) is 10.2 Å². The van der Waals surface area contributed by atoms with E-state index in [0.717, 1.165) is 34.3 Å². The Bertz CT molecular complexity index is 988. The molecular formula is C21H20N4O2. The maximum absolute atomic E-state index is 10.9. The number of benzene rings is 2. The van der Waals surface area contributed by atoms with Crippen molar-refractivity contribution in [2.45, 2.75) is 25.3 Å². The van der Waals surface area contributed by atoms with Gasteiger partial charge in [-0.15, -0.1) is 0 Å². The van der Waals surface area contributed by atoms with Gasteiger partial charge >= 0.3 is 5.97 Å². The topological polar surface area (TPSA) is 78.7 Å². The van der Waals surface area contributed by atoms with Crippen molar-refractivity contribution in [3.63, 3.8) is 0 Å². The summed E-state index contributed by atoms with van der Waals surface area (Å²) in [5, 5.41) is 15.8. The fourth-order valence-electron chi connectivity index (χ4n) is 3.44. The van der Waals surface area contributed by atoms with Crippen LogP contribution in [0.1, 0.15) is 36.4 Å². The van der Waals surface area contributed by atoms with Crippen LogP contribution in [0.5, 0.6) is 0 Å². The maximum atomic E-state index is 10.9. The normalized spacial score (nSPS) is 16.5. The summed E-state index contributed by atoms with van der Waals surface area (Å²) >= 11 is 0. The minimum atomic E-state index is -0.779. The third kappa shape index (κ3) is 3.79. The molecule has 0 amide bonds. The van der Waals surface area contributed by atoms with Gasteiger partial charge in [-0.25, -0.2) is 0 Å². The van der Waals surface area contributed by atoms with Gasteiger partial charge in [0, 0.05) is 31.8 Å². The zero-order chi connectivity index (χ0) is 18.6. The molecule has 2 heterocycles. The van der Waals surface area contributed by atoms with Crippen LogP contribution in [0.15, 0.2) is 66.0 Å². The molecule has 0 aliphatic carbocycles. The van der Waals surface area contributed by atoms with E-state index in [1.165, 1.54) is 0 Å². The Morgan fingerprint density at radius 1 is 1.07 bits per heavy atom. The molecule has 0 saturated heterocycles. The number of hydrogen-bond donors (Lipinski definition) is 1. The van der Waals surface area contributed by atoms with Crippen LogP contribution in [0, 0.1) is 0 Å². The van der Waals surface area contributed by atoms with Crippen LogP contribution in [-0.4, -0.2) is 38.3 Å². The molecule has 1 atom stereocenters. The number of carboxylic acids is 1. The van der Waals surface area contributed by atoms with Gasteiger partial charge < -0.3 is 5.11 Å². The van der Waals surface area contributed by atoms with Crippen LogP contribution >= 0.6 is 0 Å². The number of aliphatic carboxylic acids is 1. The van der Waals surface area contributed by atoms with Crippen molar-refractivity contribution >= 4 is 22.7 Å². The van der Waals surface area contributed by atoms with Gasteiger partial charge in [-0.1, -0.05) is 36.4 Å². The third-order valence-corrected chi connectivity index (χ3v) is 4.76. The van der Waals surface area contributed by atoms with Gasteiger partial charge in [-0.3, -0.25) is 19.8 Å². The molecular weight excluding hydrogens is 340 g/mol. The quantitative estimate of drug-likeness (QED) is 0.726. The monoisotopic (exact) mass is 360 g/mol. The van der Waals surface area contributed by atoms with Crippen LogP contribution in [0.4, 0.5) is 0 Å². The van der Waals surface area contributed by atoms with Crippen LogP contribution in [0.2, 0.25) is 0 Å². The average Bonchev–Trinajstić information content (AvgIpc) is 3.12. The largest absolute Gasteiger partial charge is 0.481 e. The molecule has 3 aromatic rings. The van der Waals surface area contributed by atoms with Gasteiger partial charge in [0.25, 0.3) is 0 Å². The van der Waals surface area contributed by atoms with E-state index in [2.05, 4.69) is 34.2 Å². The maximum Gasteiger partial charge on any atom is 0.303 e. The smallest absolute Gasteiger partial charge is 0.303 e. The first-order valence-electron chi connectivity index (χ1n) is 9.03. The number of rotatable bonds is 6. The summed E-state index contributed by atoms with van der Waals surface area (Å²) in [6, 6.07) is 16.3. The molecule has 6 nitrogen and oxygen atoms in total. The Labute approximate surface area is 157 Å². The minimum Gasteiger partial charge on any atom is -0.481 e. The molecule has 27 heavy (non-hydrogen) atoms. The van der Waals surface area contributed by atoms with Crippen LogP contribution in [0.3, 0.4) is 0 Å². The Kier molecular flexibility index (Phi) is 4.78. The second-order valence-electron chi connectivity index (χ2n) is 6.60. The highest BCUT2D eigenvalue weighted by Crippen LogP contribution is 2.33. The molecule has 6 heteroatoms. The fourth-order valence-corrected chi connectivity index (χ4v) is 3.44. The first-order chi connectivity index (χ1) is 13.2. The van der Waals surface area contributed by atoms with Crippen molar-refractivity contribution in [3.8, 4) is 0 Å². The lowest BCUT2D eigenvalue weighted by Gasteiger charge is -2.23. The highest BCUT2D eigenvalue weighted by Gasteiger charge is 2.28. The van der Waals surface area contributed by atoms with E-state index in [1.54, 1.807) is 12.4 Å². The first kappa shape index (κ1) is 17.1. The first-order valence-corrected chi connectivity index (χ1v) is 9.03. The van der Waals surface area contributed by atoms with Crippen molar-refractivity contribution in [2.75, 3.05) is 6.54 Å². The Morgan fingerprint density at radius 3 is 2.63 bits per heavy atom. The molecule has 0 fully saturated rings. The van der Waals surface area contributed by atoms with Crippen molar-refractivity contribution in [2.24, 2.45) is 5.10 Å². The molecule has 0 spiro atoms. The van der Waals surface area contributed by atoms with Crippen molar-refractivity contribution in [1.82, 2.24) is 15.0 Å². The molecule has 1 unspecified atom stereocenters. The number of carbonyl (C=O) groups is 1. The lowest BCUT2D eigenvalue weighted by atomic mass is 9.98. The molecule has 0 saturated carbocycles. The van der Waals surface area contributed by atoms with E-state index in [-0.39, 0.29) is 12.5 Å². The third-order valence-electron chi connectivity index (χ3n) is 4.76. The van der Waals surface area contributed by atoms with Gasteiger partial charge in [0.05, 0.1) is 22.8 Å². The number of aromatic nitrogens is 2. The molecule has 0 radical (unpaired) electrons. The molecule has 1 aliphatic rings. The lowest BCUT2D eigenvalue weighted by Crippen LogP contribution is -2.21. The van der Waals surface area contributed by atoms with Crippen molar-refractivity contribution in [1.29, 1.82) is 0 Å². The van der Waals surface area contributed by atoms with Crippen LogP contribution in [0.25, 0.3) is 11.0 Å². The van der Waals surface area contributed by atoms with Gasteiger partial charge in [-0.2, -0.15) is 5.10 Å². The van der Waals surface area contributed by atoms with E-state index in [0.29, 0.717) is 13.0 Å². The molecule has 1 N–H and O–H groups in total. The van der Waals surface area contributed by atoms with E-state index < -0.39 is 5.97 Å². The zero-order valence-corrected chi connectivity index (χ0v) is 14.8. The van der Waals surface area contributed by atoms with E-state index >= 15 is 0 Å². The summed E-state index contributed by atoms with van der Waals surface area (Å²) < 4.78 is 0. The number of nitrogens with zero attached hydrogens (tertiary/aromatic N) is 4. The highest BCUT2D eigenvalue weighted by atomic mass is 16.4. The molecule has 136 valence electrons. The van der Waals surface area contributed by atoms with Crippen molar-refractivity contribution in [3.05, 3.63) is 72.1 Å². The Morgan fingerprint density at radius 2 is 1.85 bits per heavy atom. The predicted molar refractivity (Wildman–Crippen MR) is 103 cm³/mol. The number of hydrazone groups is 1. The lowest BCUT2D eigenvalue weighted by molar-refractivity contribution is -0.137. The van der Waals surface area contributed by atoms with Gasteiger partial charge in [-0.05, 0) is 29.7 Å². The summed E-state index contributed by atoms with van der Waals surface area (Å²) in [6.07, 6.45) is 4.86. The standard InChI is InChI=1S/C21H20N4O2/c26-21(27)7-4-12-25-20(14-18(24-25)15-5-2-1-3-6-15)16-8-9-17-19(13-16)23-11-10-22-17/h1-3,5-6,8-11,13,20H,4,7,12,14H2,(H,26,27). The second-order valence-corrected chi connectivity index (χ2v) is 6.60. The average molecular weight is 360 g/mol. The second kappa shape index (κ2) is 7.53. The Hall–Kier alpha value is -3.28. The highest BCUT2D eigenvalue weighted by molar-refractivity contribution is 6.01. The summed E-state index contributed by atoms with van der Waals surface area (Å²) in [4.78, 5) is 19.6. The summed E-state index contributed by atoms with van der Waals surface area (Å²) in [6.45, 7) is 0.603. The predicted octanol–water partition coefficient (Wildman–Crippen LogP) is 3.65. The minimum absolute atomic E-state index is 0.0698. The summed E-state index contributed by atoms with van der Waals surface area (Å²) in [5.41, 5.74) is 4.96. The van der Waals surface area contributed by atoms with Crippen LogP contribution < -0.4 is 0 Å². The number of carboxylic acid groups (broad SMARTS) is 1. The molecule has 4 rings (SSSR count). The summed E-state index contributed by atoms with van der Waals surface area (Å²) in [7, 11) is 0. The SMILES string of the molecule is O=C(O)CCCN1N=C(c2ccccc2)CC1c1ccc2nccnc2c1. The fraction of sp³-hybridized carbons (Fsp3) is 0.238. The zero-order valence-electron chi connectivity index (χ0n) is 14.8. The van der Waals surface area contributed by atoms with Gasteiger partial charge in [0.1, 0.15) is 0 Å². The number of fused-ring (bicyclic) bond motifs is 1. The molecule has 1 aliphatic heterocycles. The molecule has 2 aromatic carbocycles. The Balaban J connectivity index is 1.63.